The zero-order valence-corrected chi connectivity index (χ0v) is 12.5. The van der Waals surface area contributed by atoms with Crippen LogP contribution >= 0.6 is 11.6 Å². The second-order valence-corrected chi connectivity index (χ2v) is 5.43. The van der Waals surface area contributed by atoms with E-state index in [0.717, 1.165) is 17.8 Å². The molecule has 2 rings (SSSR count). The van der Waals surface area contributed by atoms with Crippen molar-refractivity contribution >= 4 is 17.6 Å². The van der Waals surface area contributed by atoms with Crippen LogP contribution in [0.25, 0.3) is 0 Å². The van der Waals surface area contributed by atoms with Crippen LogP contribution in [0.2, 0.25) is 5.02 Å². The van der Waals surface area contributed by atoms with E-state index in [1.54, 1.807) is 4.90 Å². The van der Waals surface area contributed by atoms with E-state index in [-0.39, 0.29) is 6.42 Å². The minimum atomic E-state index is -0.907. The van der Waals surface area contributed by atoms with Gasteiger partial charge in [0.15, 0.2) is 0 Å². The number of rotatable bonds is 5. The Bertz CT molecular complexity index is 503. The molecule has 1 aliphatic rings. The van der Waals surface area contributed by atoms with E-state index in [1.807, 2.05) is 18.5 Å². The lowest BCUT2D eigenvalue weighted by molar-refractivity contribution is -0.142. The van der Waals surface area contributed by atoms with Crippen LogP contribution in [-0.4, -0.2) is 49.6 Å². The minimum Gasteiger partial charge on any atom is -0.480 e. The second kappa shape index (κ2) is 6.11. The Hall–Kier alpha value is -1.11. The fraction of sp³-hybridized carbons (Fsp3) is 0.692. The number of hydrogen-bond donors (Lipinski definition) is 2. The molecule has 1 aromatic heterocycles. The van der Waals surface area contributed by atoms with Crippen LogP contribution in [0.5, 0.6) is 0 Å². The van der Waals surface area contributed by atoms with Crippen LogP contribution in [0, 0.1) is 0 Å². The molecule has 0 aromatic carbocycles. The molecule has 1 saturated heterocycles. The molecular formula is C13H20ClN3O3. The van der Waals surface area contributed by atoms with Gasteiger partial charge in [-0.1, -0.05) is 18.5 Å². The van der Waals surface area contributed by atoms with Gasteiger partial charge in [-0.15, -0.1) is 0 Å². The molecule has 2 heterocycles. The highest BCUT2D eigenvalue weighted by Gasteiger charge is 2.36. The number of nitrogens with zero attached hydrogens (tertiary/aromatic N) is 3. The van der Waals surface area contributed by atoms with Gasteiger partial charge in [-0.2, -0.15) is 5.10 Å². The average molecular weight is 302 g/mol. The number of aryl methyl sites for hydroxylation is 2. The molecule has 2 atom stereocenters. The zero-order chi connectivity index (χ0) is 14.9. The minimum absolute atomic E-state index is 0.258. The van der Waals surface area contributed by atoms with Gasteiger partial charge in [-0.25, -0.2) is 0 Å². The third kappa shape index (κ3) is 2.82. The fourth-order valence-electron chi connectivity index (χ4n) is 2.67. The summed E-state index contributed by atoms with van der Waals surface area (Å²) in [5.74, 6) is -0.907. The molecule has 7 heteroatoms. The standard InChI is InChI=1S/C13H20ClN3O3/c1-3-9-12(14)11(17(4-2)15-9)7-16-6-8(18)5-10(16)13(19)20/h8,10,18H,3-7H2,1-2H3,(H,19,20). The summed E-state index contributed by atoms with van der Waals surface area (Å²) >= 11 is 6.33. The number of β-amino-alcohol motifs (C(OH)–C–C–N with tert-alkyl or cyclic N) is 1. The lowest BCUT2D eigenvalue weighted by Gasteiger charge is -2.21. The Morgan fingerprint density at radius 3 is 2.75 bits per heavy atom. The Kier molecular flexibility index (Phi) is 4.67. The first-order chi connectivity index (χ1) is 9.47. The number of carboxylic acids is 1. The quantitative estimate of drug-likeness (QED) is 0.852. The highest BCUT2D eigenvalue weighted by molar-refractivity contribution is 6.31. The largest absolute Gasteiger partial charge is 0.480 e. The molecule has 1 fully saturated rings. The zero-order valence-electron chi connectivity index (χ0n) is 11.7. The molecule has 6 nitrogen and oxygen atoms in total. The van der Waals surface area contributed by atoms with E-state index in [9.17, 15) is 15.0 Å². The van der Waals surface area contributed by atoms with E-state index in [1.165, 1.54) is 0 Å². The number of aromatic nitrogens is 2. The first-order valence-corrected chi connectivity index (χ1v) is 7.24. The molecule has 112 valence electrons. The molecule has 1 aromatic rings. The van der Waals surface area contributed by atoms with Gasteiger partial charge in [0.2, 0.25) is 0 Å². The summed E-state index contributed by atoms with van der Waals surface area (Å²) in [6.07, 6.45) is 0.399. The third-order valence-corrected chi connectivity index (χ3v) is 4.15. The van der Waals surface area contributed by atoms with Crippen LogP contribution in [0.15, 0.2) is 0 Å². The van der Waals surface area contributed by atoms with Crippen molar-refractivity contribution in [2.45, 2.75) is 51.9 Å². The van der Waals surface area contributed by atoms with Crippen LogP contribution in [-0.2, 0) is 24.3 Å². The fourth-order valence-corrected chi connectivity index (χ4v) is 3.00. The van der Waals surface area contributed by atoms with Gasteiger partial charge in [0.1, 0.15) is 6.04 Å². The van der Waals surface area contributed by atoms with E-state index >= 15 is 0 Å². The number of halogens is 1. The van der Waals surface area contributed by atoms with Crippen molar-refractivity contribution in [2.75, 3.05) is 6.54 Å². The summed E-state index contributed by atoms with van der Waals surface area (Å²) in [7, 11) is 0. The summed E-state index contributed by atoms with van der Waals surface area (Å²) in [4.78, 5) is 13.0. The van der Waals surface area contributed by atoms with Crippen molar-refractivity contribution in [2.24, 2.45) is 0 Å². The lowest BCUT2D eigenvalue weighted by Crippen LogP contribution is -2.36. The molecule has 0 radical (unpaired) electrons. The number of aliphatic carboxylic acids is 1. The van der Waals surface area contributed by atoms with Crippen molar-refractivity contribution < 1.29 is 15.0 Å². The van der Waals surface area contributed by atoms with Crippen molar-refractivity contribution in [3.05, 3.63) is 16.4 Å². The Morgan fingerprint density at radius 1 is 1.50 bits per heavy atom. The van der Waals surface area contributed by atoms with Gasteiger partial charge in [0.25, 0.3) is 0 Å². The van der Waals surface area contributed by atoms with Crippen molar-refractivity contribution in [1.82, 2.24) is 14.7 Å². The monoisotopic (exact) mass is 301 g/mol. The maximum atomic E-state index is 11.2. The maximum absolute atomic E-state index is 11.2. The number of carbonyl (C=O) groups is 1. The highest BCUT2D eigenvalue weighted by Crippen LogP contribution is 2.27. The molecular weight excluding hydrogens is 282 g/mol. The Labute approximate surface area is 122 Å². The summed E-state index contributed by atoms with van der Waals surface area (Å²) in [5, 5.41) is 23.9. The summed E-state index contributed by atoms with van der Waals surface area (Å²) in [5.41, 5.74) is 1.65. The molecule has 0 spiro atoms. The number of aliphatic hydroxyl groups excluding tert-OH is 1. The molecule has 0 bridgehead atoms. The lowest BCUT2D eigenvalue weighted by atomic mass is 10.2. The van der Waals surface area contributed by atoms with Gasteiger partial charge in [-0.05, 0) is 13.3 Å². The van der Waals surface area contributed by atoms with Crippen molar-refractivity contribution in [1.29, 1.82) is 0 Å². The molecule has 0 saturated carbocycles. The predicted octanol–water partition coefficient (Wildman–Crippen LogP) is 1.14. The Morgan fingerprint density at radius 2 is 2.20 bits per heavy atom. The van der Waals surface area contributed by atoms with E-state index in [4.69, 9.17) is 11.6 Å². The van der Waals surface area contributed by atoms with E-state index in [2.05, 4.69) is 5.10 Å². The number of carboxylic acid groups (broad SMARTS) is 1. The van der Waals surface area contributed by atoms with Crippen molar-refractivity contribution in [3.63, 3.8) is 0 Å². The first kappa shape index (κ1) is 15.3. The Balaban J connectivity index is 2.25. The molecule has 20 heavy (non-hydrogen) atoms. The summed E-state index contributed by atoms with van der Waals surface area (Å²) in [6, 6.07) is -0.661. The van der Waals surface area contributed by atoms with Gasteiger partial charge in [0.05, 0.1) is 22.5 Å². The normalized spacial score (nSPS) is 23.4. The predicted molar refractivity (Wildman–Crippen MR) is 74.7 cm³/mol. The maximum Gasteiger partial charge on any atom is 0.321 e. The average Bonchev–Trinajstić information content (AvgIpc) is 2.92. The first-order valence-electron chi connectivity index (χ1n) is 6.86. The molecule has 1 aliphatic heterocycles. The van der Waals surface area contributed by atoms with Crippen LogP contribution in [0.3, 0.4) is 0 Å². The number of hydrogen-bond acceptors (Lipinski definition) is 4. The number of aliphatic hydroxyl groups is 1. The molecule has 0 amide bonds. The SMILES string of the molecule is CCc1nn(CC)c(CN2CC(O)CC2C(=O)O)c1Cl. The van der Waals surface area contributed by atoms with E-state index in [0.29, 0.717) is 24.7 Å². The number of likely N-dealkylation sites (tertiary alicyclic amines) is 1. The topological polar surface area (TPSA) is 78.6 Å². The summed E-state index contributed by atoms with van der Waals surface area (Å²) < 4.78 is 1.81. The van der Waals surface area contributed by atoms with Crippen LogP contribution < -0.4 is 0 Å². The summed E-state index contributed by atoms with van der Waals surface area (Å²) in [6.45, 7) is 5.39. The van der Waals surface area contributed by atoms with Crippen molar-refractivity contribution in [3.8, 4) is 0 Å². The van der Waals surface area contributed by atoms with Gasteiger partial charge in [0, 0.05) is 26.1 Å². The van der Waals surface area contributed by atoms with Crippen LogP contribution in [0.1, 0.15) is 31.7 Å². The van der Waals surface area contributed by atoms with E-state index < -0.39 is 18.1 Å². The second-order valence-electron chi connectivity index (χ2n) is 5.05. The molecule has 2 unspecified atom stereocenters. The van der Waals surface area contributed by atoms with Gasteiger partial charge in [-0.3, -0.25) is 14.4 Å². The smallest absolute Gasteiger partial charge is 0.321 e. The molecule has 0 aliphatic carbocycles. The van der Waals surface area contributed by atoms with Crippen LogP contribution in [0.4, 0.5) is 0 Å². The third-order valence-electron chi connectivity index (χ3n) is 3.71. The van der Waals surface area contributed by atoms with Gasteiger partial charge >= 0.3 is 5.97 Å². The van der Waals surface area contributed by atoms with Gasteiger partial charge < -0.3 is 10.2 Å². The molecule has 2 N–H and O–H groups in total. The highest BCUT2D eigenvalue weighted by atomic mass is 35.5.